The van der Waals surface area contributed by atoms with Gasteiger partial charge in [0, 0.05) is 11.7 Å². The molecule has 1 atom stereocenters. The summed E-state index contributed by atoms with van der Waals surface area (Å²) in [6.45, 7) is 4.99. The number of halogens is 1. The Labute approximate surface area is 104 Å². The van der Waals surface area contributed by atoms with E-state index in [1.165, 1.54) is 0 Å². The van der Waals surface area contributed by atoms with E-state index in [-0.39, 0.29) is 5.54 Å². The van der Waals surface area contributed by atoms with Gasteiger partial charge < -0.3 is 11.1 Å². The predicted molar refractivity (Wildman–Crippen MR) is 70.7 cm³/mol. The van der Waals surface area contributed by atoms with E-state index in [0.29, 0.717) is 6.54 Å². The highest BCUT2D eigenvalue weighted by Crippen LogP contribution is 2.22. The summed E-state index contributed by atoms with van der Waals surface area (Å²) in [7, 11) is 0. The van der Waals surface area contributed by atoms with E-state index < -0.39 is 0 Å². The van der Waals surface area contributed by atoms with Gasteiger partial charge >= 0.3 is 0 Å². The molecule has 1 heterocycles. The summed E-state index contributed by atoms with van der Waals surface area (Å²) in [5.41, 5.74) is 5.62. The van der Waals surface area contributed by atoms with Crippen molar-refractivity contribution in [2.45, 2.75) is 32.2 Å². The van der Waals surface area contributed by atoms with Gasteiger partial charge in [-0.25, -0.2) is 9.97 Å². The molecule has 0 aliphatic heterocycles. The summed E-state index contributed by atoms with van der Waals surface area (Å²) in [6, 6.07) is 0. The molecule has 0 fully saturated rings. The van der Waals surface area contributed by atoms with Crippen LogP contribution in [-0.2, 0) is 0 Å². The van der Waals surface area contributed by atoms with Crippen molar-refractivity contribution in [2.75, 3.05) is 11.9 Å². The molecule has 0 aliphatic rings. The molecule has 5 heteroatoms. The third kappa shape index (κ3) is 3.57. The number of hydrogen-bond acceptors (Lipinski definition) is 4. The van der Waals surface area contributed by atoms with E-state index >= 15 is 0 Å². The zero-order chi connectivity index (χ0) is 11.3. The normalized spacial score (nSPS) is 14.7. The Kier molecular flexibility index (Phi) is 4.72. The van der Waals surface area contributed by atoms with Gasteiger partial charge in [0.15, 0.2) is 0 Å². The fraction of sp³-hybridized carbons (Fsp3) is 0.600. The van der Waals surface area contributed by atoms with Crippen LogP contribution in [0.4, 0.5) is 5.82 Å². The average molecular weight is 320 g/mol. The lowest BCUT2D eigenvalue weighted by Crippen LogP contribution is -2.37. The first-order valence-electron chi connectivity index (χ1n) is 5.05. The molecule has 4 nitrogen and oxygen atoms in total. The summed E-state index contributed by atoms with van der Waals surface area (Å²) in [4.78, 5) is 8.19. The number of nitrogens with one attached hydrogen (secondary N) is 1. The van der Waals surface area contributed by atoms with Gasteiger partial charge in [0.05, 0.1) is 3.57 Å². The Morgan fingerprint density at radius 2 is 2.33 bits per heavy atom. The smallest absolute Gasteiger partial charge is 0.143 e. The Hall–Kier alpha value is -0.430. The highest BCUT2D eigenvalue weighted by Gasteiger charge is 2.21. The quantitative estimate of drug-likeness (QED) is 0.815. The fourth-order valence-electron chi connectivity index (χ4n) is 1.34. The number of nitrogens with two attached hydrogens (primary N) is 1. The van der Waals surface area contributed by atoms with E-state index in [4.69, 9.17) is 5.73 Å². The number of rotatable bonds is 5. The zero-order valence-corrected chi connectivity index (χ0v) is 11.3. The van der Waals surface area contributed by atoms with Crippen LogP contribution in [0.1, 0.15) is 26.7 Å². The van der Waals surface area contributed by atoms with Gasteiger partial charge in [-0.15, -0.1) is 0 Å². The lowest BCUT2D eigenvalue weighted by atomic mass is 9.94. The molecule has 84 valence electrons. The van der Waals surface area contributed by atoms with Gasteiger partial charge in [-0.2, -0.15) is 0 Å². The first kappa shape index (κ1) is 12.6. The third-order valence-corrected chi connectivity index (χ3v) is 3.35. The number of aromatic nitrogens is 2. The van der Waals surface area contributed by atoms with E-state index in [9.17, 15) is 0 Å². The maximum atomic E-state index is 5.61. The second-order valence-corrected chi connectivity index (χ2v) is 4.96. The number of anilines is 1. The van der Waals surface area contributed by atoms with Crippen molar-refractivity contribution in [3.63, 3.8) is 0 Å². The van der Waals surface area contributed by atoms with Crippen molar-refractivity contribution in [2.24, 2.45) is 5.73 Å². The van der Waals surface area contributed by atoms with Crippen LogP contribution < -0.4 is 11.1 Å². The molecule has 0 spiro atoms. The third-order valence-electron chi connectivity index (χ3n) is 2.56. The molecule has 0 bridgehead atoms. The standard InChI is InChI=1S/C10H17IN4/c1-3-10(2,4-5-12)15-9-8(11)6-13-7-14-9/h6-7H,3-5,12H2,1-2H3,(H,13,14,15). The van der Waals surface area contributed by atoms with Gasteiger partial charge in [0.1, 0.15) is 12.1 Å². The zero-order valence-electron chi connectivity index (χ0n) is 9.13. The minimum Gasteiger partial charge on any atom is -0.364 e. The summed E-state index contributed by atoms with van der Waals surface area (Å²) >= 11 is 2.23. The molecule has 0 saturated heterocycles. The molecule has 0 amide bonds. The Balaban J connectivity index is 2.79. The number of hydrogen-bond donors (Lipinski definition) is 2. The molecule has 1 aromatic heterocycles. The highest BCUT2D eigenvalue weighted by molar-refractivity contribution is 14.1. The topological polar surface area (TPSA) is 63.8 Å². The summed E-state index contributed by atoms with van der Waals surface area (Å²) in [5, 5.41) is 3.44. The maximum Gasteiger partial charge on any atom is 0.143 e. The minimum absolute atomic E-state index is 0.0169. The molecular weight excluding hydrogens is 303 g/mol. The van der Waals surface area contributed by atoms with E-state index in [0.717, 1.165) is 22.2 Å². The summed E-state index contributed by atoms with van der Waals surface area (Å²) in [5.74, 6) is 0.892. The van der Waals surface area contributed by atoms with Crippen molar-refractivity contribution >= 4 is 28.4 Å². The van der Waals surface area contributed by atoms with Gasteiger partial charge in [0.2, 0.25) is 0 Å². The maximum absolute atomic E-state index is 5.61. The first-order chi connectivity index (χ1) is 7.11. The van der Waals surface area contributed by atoms with Gasteiger partial charge in [-0.3, -0.25) is 0 Å². The molecule has 1 aromatic rings. The second kappa shape index (κ2) is 5.60. The molecule has 1 rings (SSSR count). The van der Waals surface area contributed by atoms with Crippen LogP contribution in [-0.4, -0.2) is 22.1 Å². The van der Waals surface area contributed by atoms with Crippen LogP contribution in [0.2, 0.25) is 0 Å². The van der Waals surface area contributed by atoms with Crippen LogP contribution in [0.5, 0.6) is 0 Å². The van der Waals surface area contributed by atoms with Crippen molar-refractivity contribution < 1.29 is 0 Å². The van der Waals surface area contributed by atoms with Gasteiger partial charge in [-0.05, 0) is 48.9 Å². The second-order valence-electron chi connectivity index (χ2n) is 3.80. The van der Waals surface area contributed by atoms with Crippen LogP contribution in [0.25, 0.3) is 0 Å². The highest BCUT2D eigenvalue weighted by atomic mass is 127. The van der Waals surface area contributed by atoms with E-state index in [2.05, 4.69) is 51.7 Å². The summed E-state index contributed by atoms with van der Waals surface area (Å²) in [6.07, 6.45) is 5.31. The molecule has 0 aliphatic carbocycles. The van der Waals surface area contributed by atoms with Crippen molar-refractivity contribution in [1.29, 1.82) is 0 Å². The van der Waals surface area contributed by atoms with Crippen molar-refractivity contribution in [3.05, 3.63) is 16.1 Å². The lowest BCUT2D eigenvalue weighted by molar-refractivity contribution is 0.461. The summed E-state index contributed by atoms with van der Waals surface area (Å²) < 4.78 is 1.03. The van der Waals surface area contributed by atoms with E-state index in [1.54, 1.807) is 12.5 Å². The first-order valence-corrected chi connectivity index (χ1v) is 6.13. The monoisotopic (exact) mass is 320 g/mol. The fourth-order valence-corrected chi connectivity index (χ4v) is 1.77. The average Bonchev–Trinajstić information content (AvgIpc) is 2.22. The molecule has 0 aromatic carbocycles. The Morgan fingerprint density at radius 3 is 2.87 bits per heavy atom. The Bertz CT molecular complexity index is 318. The largest absolute Gasteiger partial charge is 0.364 e. The molecule has 1 unspecified atom stereocenters. The van der Waals surface area contributed by atoms with E-state index in [1.807, 2.05) is 0 Å². The molecule has 0 saturated carbocycles. The SMILES string of the molecule is CCC(C)(CCN)Nc1ncncc1I. The van der Waals surface area contributed by atoms with Crippen molar-refractivity contribution in [3.8, 4) is 0 Å². The Morgan fingerprint density at radius 1 is 1.60 bits per heavy atom. The molecule has 3 N–H and O–H groups in total. The van der Waals surface area contributed by atoms with Gasteiger partial charge in [-0.1, -0.05) is 6.92 Å². The van der Waals surface area contributed by atoms with Crippen LogP contribution >= 0.6 is 22.6 Å². The molecule has 0 radical (unpaired) electrons. The molecular formula is C10H17IN4. The van der Waals surface area contributed by atoms with Crippen LogP contribution in [0.15, 0.2) is 12.5 Å². The predicted octanol–water partition coefficient (Wildman–Crippen LogP) is 2.01. The van der Waals surface area contributed by atoms with Crippen molar-refractivity contribution in [1.82, 2.24) is 9.97 Å². The van der Waals surface area contributed by atoms with Gasteiger partial charge in [0.25, 0.3) is 0 Å². The lowest BCUT2D eigenvalue weighted by Gasteiger charge is -2.30. The van der Waals surface area contributed by atoms with Crippen LogP contribution in [0, 0.1) is 3.57 Å². The minimum atomic E-state index is 0.0169. The molecule has 15 heavy (non-hydrogen) atoms. The van der Waals surface area contributed by atoms with Crippen LogP contribution in [0.3, 0.4) is 0 Å². The number of nitrogens with zero attached hydrogens (tertiary/aromatic N) is 2.